The molecule has 1 amide bonds. The number of anilines is 1. The van der Waals surface area contributed by atoms with Crippen molar-refractivity contribution in [3.05, 3.63) is 23.9 Å². The van der Waals surface area contributed by atoms with Crippen molar-refractivity contribution < 1.29 is 9.53 Å². The summed E-state index contributed by atoms with van der Waals surface area (Å²) >= 11 is 0. The largest absolute Gasteiger partial charge is 0.384 e. The quantitative estimate of drug-likeness (QED) is 0.765. The Kier molecular flexibility index (Phi) is 2.78. The van der Waals surface area contributed by atoms with Crippen LogP contribution in [0.2, 0.25) is 0 Å². The van der Waals surface area contributed by atoms with E-state index in [0.29, 0.717) is 24.6 Å². The number of ether oxygens (including phenoxy) is 1. The molecule has 5 heteroatoms. The minimum absolute atomic E-state index is 0.138. The zero-order valence-electron chi connectivity index (χ0n) is 9.19. The van der Waals surface area contributed by atoms with Crippen molar-refractivity contribution in [3.8, 4) is 0 Å². The van der Waals surface area contributed by atoms with Gasteiger partial charge in [-0.1, -0.05) is 0 Å². The highest BCUT2D eigenvalue weighted by molar-refractivity contribution is 5.94. The molecule has 2 heterocycles. The van der Waals surface area contributed by atoms with Crippen molar-refractivity contribution in [2.75, 3.05) is 18.9 Å². The number of pyridine rings is 1. The van der Waals surface area contributed by atoms with Crippen LogP contribution in [0.25, 0.3) is 0 Å². The molecule has 2 rings (SSSR count). The Morgan fingerprint density at radius 2 is 2.44 bits per heavy atom. The molecule has 3 N–H and O–H groups in total. The second kappa shape index (κ2) is 4.09. The molecular formula is C11H15N3O2. The predicted octanol–water partition coefficient (Wildman–Crippen LogP) is 0.573. The molecule has 1 saturated heterocycles. The number of hydrogen-bond acceptors (Lipinski definition) is 4. The standard InChI is InChI=1S/C11H15N3O2/c1-11(4-5-16-7-11)14-10(15)8-2-3-9(12)13-6-8/h2-3,6H,4-5,7H2,1H3,(H2,12,13)(H,14,15). The van der Waals surface area contributed by atoms with Crippen LogP contribution in [0.1, 0.15) is 23.7 Å². The first-order valence-corrected chi connectivity index (χ1v) is 5.21. The van der Waals surface area contributed by atoms with Crippen molar-refractivity contribution in [1.82, 2.24) is 10.3 Å². The van der Waals surface area contributed by atoms with E-state index in [1.54, 1.807) is 12.1 Å². The van der Waals surface area contributed by atoms with Crippen LogP contribution in [0.3, 0.4) is 0 Å². The van der Waals surface area contributed by atoms with Gasteiger partial charge in [0.15, 0.2) is 0 Å². The first-order valence-electron chi connectivity index (χ1n) is 5.21. The van der Waals surface area contributed by atoms with E-state index in [1.807, 2.05) is 6.92 Å². The van der Waals surface area contributed by atoms with Crippen LogP contribution in [0.15, 0.2) is 18.3 Å². The zero-order valence-corrected chi connectivity index (χ0v) is 9.19. The smallest absolute Gasteiger partial charge is 0.253 e. The van der Waals surface area contributed by atoms with E-state index in [9.17, 15) is 4.79 Å². The average molecular weight is 221 g/mol. The lowest BCUT2D eigenvalue weighted by Gasteiger charge is -2.23. The number of carbonyl (C=O) groups excluding carboxylic acids is 1. The third-order valence-corrected chi connectivity index (χ3v) is 2.68. The Morgan fingerprint density at radius 1 is 1.62 bits per heavy atom. The molecule has 1 unspecified atom stereocenters. The number of carbonyl (C=O) groups is 1. The van der Waals surface area contributed by atoms with E-state index in [2.05, 4.69) is 10.3 Å². The molecule has 1 aliphatic rings. The highest BCUT2D eigenvalue weighted by atomic mass is 16.5. The molecule has 0 bridgehead atoms. The van der Waals surface area contributed by atoms with Gasteiger partial charge in [0.1, 0.15) is 5.82 Å². The first kappa shape index (κ1) is 10.9. The number of aromatic nitrogens is 1. The molecule has 86 valence electrons. The number of nitrogen functional groups attached to an aromatic ring is 1. The summed E-state index contributed by atoms with van der Waals surface area (Å²) in [4.78, 5) is 15.8. The molecule has 0 aromatic carbocycles. The summed E-state index contributed by atoms with van der Waals surface area (Å²) in [5, 5.41) is 2.95. The summed E-state index contributed by atoms with van der Waals surface area (Å²) in [5.74, 6) is 0.271. The molecule has 0 spiro atoms. The summed E-state index contributed by atoms with van der Waals surface area (Å²) in [6, 6.07) is 3.28. The van der Waals surface area contributed by atoms with Crippen molar-refractivity contribution in [2.45, 2.75) is 18.9 Å². The van der Waals surface area contributed by atoms with Gasteiger partial charge >= 0.3 is 0 Å². The van der Waals surface area contributed by atoms with Crippen LogP contribution >= 0.6 is 0 Å². The van der Waals surface area contributed by atoms with Crippen LogP contribution < -0.4 is 11.1 Å². The number of amides is 1. The maximum Gasteiger partial charge on any atom is 0.253 e. The van der Waals surface area contributed by atoms with E-state index in [-0.39, 0.29) is 11.4 Å². The molecule has 0 saturated carbocycles. The minimum Gasteiger partial charge on any atom is -0.384 e. The number of nitrogens with zero attached hydrogens (tertiary/aromatic N) is 1. The molecular weight excluding hydrogens is 206 g/mol. The number of nitrogens with two attached hydrogens (primary N) is 1. The average Bonchev–Trinajstić information content (AvgIpc) is 2.65. The molecule has 1 aromatic rings. The van der Waals surface area contributed by atoms with Gasteiger partial charge in [-0.3, -0.25) is 4.79 Å². The van der Waals surface area contributed by atoms with Crippen LogP contribution in [-0.2, 0) is 4.74 Å². The van der Waals surface area contributed by atoms with Gasteiger partial charge < -0.3 is 15.8 Å². The fourth-order valence-corrected chi connectivity index (χ4v) is 1.65. The fourth-order valence-electron chi connectivity index (χ4n) is 1.65. The summed E-state index contributed by atoms with van der Waals surface area (Å²) in [6.45, 7) is 3.22. The predicted molar refractivity (Wildman–Crippen MR) is 60.0 cm³/mol. The van der Waals surface area contributed by atoms with Crippen molar-refractivity contribution in [2.24, 2.45) is 0 Å². The Bertz CT molecular complexity index is 383. The van der Waals surface area contributed by atoms with Gasteiger partial charge in [-0.2, -0.15) is 0 Å². The lowest BCUT2D eigenvalue weighted by atomic mass is 10.0. The molecule has 1 aromatic heterocycles. The minimum atomic E-state index is -0.265. The summed E-state index contributed by atoms with van der Waals surface area (Å²) in [7, 11) is 0. The lowest BCUT2D eigenvalue weighted by molar-refractivity contribution is 0.0889. The van der Waals surface area contributed by atoms with Gasteiger partial charge in [0.2, 0.25) is 0 Å². The van der Waals surface area contributed by atoms with E-state index >= 15 is 0 Å². The van der Waals surface area contributed by atoms with Crippen LogP contribution in [0.4, 0.5) is 5.82 Å². The van der Waals surface area contributed by atoms with Crippen LogP contribution in [0.5, 0.6) is 0 Å². The van der Waals surface area contributed by atoms with Gasteiger partial charge in [0, 0.05) is 12.8 Å². The molecule has 0 radical (unpaired) electrons. The third kappa shape index (κ3) is 2.30. The third-order valence-electron chi connectivity index (χ3n) is 2.68. The normalized spacial score (nSPS) is 24.3. The molecule has 1 atom stereocenters. The fraction of sp³-hybridized carbons (Fsp3) is 0.455. The van der Waals surface area contributed by atoms with E-state index in [0.717, 1.165) is 6.42 Å². The topological polar surface area (TPSA) is 77.2 Å². The zero-order chi connectivity index (χ0) is 11.6. The Balaban J connectivity index is 2.05. The maximum absolute atomic E-state index is 11.9. The Hall–Kier alpha value is -1.62. The highest BCUT2D eigenvalue weighted by Crippen LogP contribution is 2.18. The van der Waals surface area contributed by atoms with Gasteiger partial charge in [-0.05, 0) is 25.5 Å². The van der Waals surface area contributed by atoms with Gasteiger partial charge in [-0.25, -0.2) is 4.98 Å². The maximum atomic E-state index is 11.9. The van der Waals surface area contributed by atoms with Crippen LogP contribution in [-0.4, -0.2) is 29.6 Å². The van der Waals surface area contributed by atoms with Gasteiger partial charge in [0.05, 0.1) is 17.7 Å². The Labute approximate surface area is 94.0 Å². The second-order valence-corrected chi connectivity index (χ2v) is 4.29. The number of hydrogen-bond donors (Lipinski definition) is 2. The summed E-state index contributed by atoms with van der Waals surface area (Å²) in [6.07, 6.45) is 2.31. The van der Waals surface area contributed by atoms with Crippen molar-refractivity contribution >= 4 is 11.7 Å². The van der Waals surface area contributed by atoms with Crippen LogP contribution in [0, 0.1) is 0 Å². The second-order valence-electron chi connectivity index (χ2n) is 4.29. The summed E-state index contributed by atoms with van der Waals surface area (Å²) in [5.41, 5.74) is 5.70. The molecule has 0 aliphatic carbocycles. The number of rotatable bonds is 2. The van der Waals surface area contributed by atoms with Crippen molar-refractivity contribution in [3.63, 3.8) is 0 Å². The SMILES string of the molecule is CC1(NC(=O)c2ccc(N)nc2)CCOC1. The molecule has 16 heavy (non-hydrogen) atoms. The van der Waals surface area contributed by atoms with E-state index in [1.165, 1.54) is 6.20 Å². The number of nitrogens with one attached hydrogen (secondary N) is 1. The highest BCUT2D eigenvalue weighted by Gasteiger charge is 2.31. The van der Waals surface area contributed by atoms with Crippen molar-refractivity contribution in [1.29, 1.82) is 0 Å². The Morgan fingerprint density at radius 3 is 3.00 bits per heavy atom. The molecule has 5 nitrogen and oxygen atoms in total. The van der Waals surface area contributed by atoms with E-state index in [4.69, 9.17) is 10.5 Å². The molecule has 1 aliphatic heterocycles. The monoisotopic (exact) mass is 221 g/mol. The lowest BCUT2D eigenvalue weighted by Crippen LogP contribution is -2.46. The molecule has 1 fully saturated rings. The first-order chi connectivity index (χ1) is 7.59. The summed E-state index contributed by atoms with van der Waals surface area (Å²) < 4.78 is 5.27. The van der Waals surface area contributed by atoms with E-state index < -0.39 is 0 Å². The van der Waals surface area contributed by atoms with Gasteiger partial charge in [0.25, 0.3) is 5.91 Å². The van der Waals surface area contributed by atoms with Gasteiger partial charge in [-0.15, -0.1) is 0 Å².